The van der Waals surface area contributed by atoms with E-state index in [1.165, 1.54) is 13.8 Å². The molecule has 0 N–H and O–H groups in total. The third kappa shape index (κ3) is 3.47. The molecule has 0 aliphatic carbocycles. The molecular formula is C11H13NO2. The first-order valence-corrected chi connectivity index (χ1v) is 4.51. The first-order chi connectivity index (χ1) is 6.58. The summed E-state index contributed by atoms with van der Waals surface area (Å²) < 4.78 is 0. The number of hydrogen-bond donors (Lipinski definition) is 0. The Kier molecular flexibility index (Phi) is 3.51. The summed E-state index contributed by atoms with van der Waals surface area (Å²) in [6.45, 7) is 3.05. The summed E-state index contributed by atoms with van der Waals surface area (Å²) in [7, 11) is 0. The summed E-state index contributed by atoms with van der Waals surface area (Å²) in [5.41, 5.74) is 1.47. The van der Waals surface area contributed by atoms with E-state index in [1.54, 1.807) is 12.1 Å². The van der Waals surface area contributed by atoms with Crippen molar-refractivity contribution in [1.29, 1.82) is 0 Å². The molecule has 1 rings (SSSR count). The number of rotatable bonds is 4. The maximum Gasteiger partial charge on any atom is 0.135 e. The maximum atomic E-state index is 10.8. The van der Waals surface area contributed by atoms with Crippen LogP contribution < -0.4 is 0 Å². The van der Waals surface area contributed by atoms with Gasteiger partial charge in [-0.05, 0) is 26.0 Å². The van der Waals surface area contributed by atoms with E-state index >= 15 is 0 Å². The molecule has 0 unspecified atom stereocenters. The van der Waals surface area contributed by atoms with Crippen LogP contribution in [0.3, 0.4) is 0 Å². The number of aromatic nitrogens is 1. The molecule has 0 spiro atoms. The molecule has 0 aromatic carbocycles. The number of carbonyl (C=O) groups is 2. The summed E-state index contributed by atoms with van der Waals surface area (Å²) >= 11 is 0. The van der Waals surface area contributed by atoms with Gasteiger partial charge in [0.1, 0.15) is 11.6 Å². The third-order valence-corrected chi connectivity index (χ3v) is 1.72. The van der Waals surface area contributed by atoms with Gasteiger partial charge < -0.3 is 0 Å². The van der Waals surface area contributed by atoms with Crippen molar-refractivity contribution in [3.05, 3.63) is 29.6 Å². The number of ketones is 2. The molecule has 0 fully saturated rings. The first kappa shape index (κ1) is 10.6. The van der Waals surface area contributed by atoms with Gasteiger partial charge in [0.05, 0.1) is 0 Å². The molecule has 1 heterocycles. The Balaban J connectivity index is 2.78. The number of nitrogens with zero attached hydrogens (tertiary/aromatic N) is 1. The van der Waals surface area contributed by atoms with Crippen LogP contribution in [0.1, 0.15) is 25.2 Å². The zero-order chi connectivity index (χ0) is 10.6. The Hall–Kier alpha value is -1.51. The number of pyridine rings is 1. The van der Waals surface area contributed by atoms with Crippen LogP contribution in [0.4, 0.5) is 0 Å². The Labute approximate surface area is 83.2 Å². The van der Waals surface area contributed by atoms with Crippen LogP contribution in [0.25, 0.3) is 0 Å². The van der Waals surface area contributed by atoms with Crippen molar-refractivity contribution in [3.8, 4) is 0 Å². The first-order valence-electron chi connectivity index (χ1n) is 4.51. The summed E-state index contributed by atoms with van der Waals surface area (Å²) in [5.74, 6) is 0.162. The molecule has 14 heavy (non-hydrogen) atoms. The molecule has 0 radical (unpaired) electrons. The molecule has 3 nitrogen and oxygen atoms in total. The molecule has 1 aromatic rings. The van der Waals surface area contributed by atoms with E-state index in [4.69, 9.17) is 0 Å². The van der Waals surface area contributed by atoms with E-state index in [0.29, 0.717) is 12.8 Å². The van der Waals surface area contributed by atoms with Gasteiger partial charge in [-0.2, -0.15) is 0 Å². The van der Waals surface area contributed by atoms with Gasteiger partial charge >= 0.3 is 0 Å². The smallest absolute Gasteiger partial charge is 0.135 e. The van der Waals surface area contributed by atoms with E-state index in [0.717, 1.165) is 11.4 Å². The Morgan fingerprint density at radius 1 is 1.07 bits per heavy atom. The fourth-order valence-electron chi connectivity index (χ4n) is 1.24. The van der Waals surface area contributed by atoms with Crippen LogP contribution in [0, 0.1) is 0 Å². The van der Waals surface area contributed by atoms with Crippen molar-refractivity contribution < 1.29 is 9.59 Å². The lowest BCUT2D eigenvalue weighted by Crippen LogP contribution is -2.04. The molecular weight excluding hydrogens is 178 g/mol. The van der Waals surface area contributed by atoms with Gasteiger partial charge in [-0.15, -0.1) is 0 Å². The summed E-state index contributed by atoms with van der Waals surface area (Å²) in [6.07, 6.45) is 0.678. The van der Waals surface area contributed by atoms with Crippen LogP contribution in [-0.2, 0) is 22.4 Å². The molecule has 0 amide bonds. The van der Waals surface area contributed by atoms with Crippen molar-refractivity contribution in [1.82, 2.24) is 4.98 Å². The second-order valence-electron chi connectivity index (χ2n) is 3.38. The van der Waals surface area contributed by atoms with Gasteiger partial charge in [-0.3, -0.25) is 14.6 Å². The fourth-order valence-corrected chi connectivity index (χ4v) is 1.24. The third-order valence-electron chi connectivity index (χ3n) is 1.72. The largest absolute Gasteiger partial charge is 0.300 e. The minimum atomic E-state index is 0.0810. The van der Waals surface area contributed by atoms with Crippen LogP contribution in [0.2, 0.25) is 0 Å². The van der Waals surface area contributed by atoms with Gasteiger partial charge in [0.25, 0.3) is 0 Å². The Bertz CT molecular complexity index is 327. The van der Waals surface area contributed by atoms with Gasteiger partial charge in [0.2, 0.25) is 0 Å². The van der Waals surface area contributed by atoms with E-state index in [-0.39, 0.29) is 11.6 Å². The van der Waals surface area contributed by atoms with E-state index < -0.39 is 0 Å². The van der Waals surface area contributed by atoms with Crippen LogP contribution >= 0.6 is 0 Å². The van der Waals surface area contributed by atoms with Gasteiger partial charge in [-0.25, -0.2) is 0 Å². The van der Waals surface area contributed by atoms with Gasteiger partial charge in [0, 0.05) is 24.2 Å². The van der Waals surface area contributed by atoms with Gasteiger partial charge in [-0.1, -0.05) is 6.07 Å². The summed E-state index contributed by atoms with van der Waals surface area (Å²) in [6, 6.07) is 5.42. The van der Waals surface area contributed by atoms with Crippen molar-refractivity contribution in [2.24, 2.45) is 0 Å². The topological polar surface area (TPSA) is 47.0 Å². The minimum Gasteiger partial charge on any atom is -0.300 e. The normalized spacial score (nSPS) is 9.86. The maximum absolute atomic E-state index is 10.8. The molecule has 0 aliphatic heterocycles. The number of Topliss-reactive ketones (excluding diaryl/α,β-unsaturated/α-hetero) is 2. The fraction of sp³-hybridized carbons (Fsp3) is 0.364. The molecule has 0 bridgehead atoms. The number of hydrogen-bond acceptors (Lipinski definition) is 3. The quantitative estimate of drug-likeness (QED) is 0.721. The van der Waals surface area contributed by atoms with E-state index in [9.17, 15) is 9.59 Å². The average Bonchev–Trinajstić information content (AvgIpc) is 2.01. The van der Waals surface area contributed by atoms with E-state index in [1.807, 2.05) is 6.07 Å². The van der Waals surface area contributed by atoms with Crippen LogP contribution in [0.15, 0.2) is 18.2 Å². The lowest BCUT2D eigenvalue weighted by molar-refractivity contribution is -0.117. The monoisotopic (exact) mass is 191 g/mol. The summed E-state index contributed by atoms with van der Waals surface area (Å²) in [5, 5.41) is 0. The molecule has 0 atom stereocenters. The highest BCUT2D eigenvalue weighted by molar-refractivity contribution is 5.78. The lowest BCUT2D eigenvalue weighted by Gasteiger charge is -2.00. The predicted molar refractivity (Wildman–Crippen MR) is 53.0 cm³/mol. The lowest BCUT2D eigenvalue weighted by atomic mass is 10.1. The minimum absolute atomic E-state index is 0.0810. The van der Waals surface area contributed by atoms with Gasteiger partial charge in [0.15, 0.2) is 0 Å². The highest BCUT2D eigenvalue weighted by Crippen LogP contribution is 2.02. The van der Waals surface area contributed by atoms with Crippen molar-refractivity contribution in [2.45, 2.75) is 26.7 Å². The Morgan fingerprint density at radius 2 is 1.50 bits per heavy atom. The van der Waals surface area contributed by atoms with Crippen molar-refractivity contribution >= 4 is 11.6 Å². The standard InChI is InChI=1S/C11H13NO2/c1-8(13)6-10-4-3-5-11(12-10)7-9(2)14/h3-5H,6-7H2,1-2H3. The van der Waals surface area contributed by atoms with Crippen LogP contribution in [0.5, 0.6) is 0 Å². The Morgan fingerprint density at radius 3 is 1.86 bits per heavy atom. The molecule has 74 valence electrons. The van der Waals surface area contributed by atoms with Crippen LogP contribution in [-0.4, -0.2) is 16.6 Å². The summed E-state index contributed by atoms with van der Waals surface area (Å²) in [4.78, 5) is 25.9. The molecule has 1 aromatic heterocycles. The second kappa shape index (κ2) is 4.65. The van der Waals surface area contributed by atoms with Crippen molar-refractivity contribution in [2.75, 3.05) is 0 Å². The second-order valence-corrected chi connectivity index (χ2v) is 3.38. The average molecular weight is 191 g/mol. The zero-order valence-corrected chi connectivity index (χ0v) is 8.41. The number of carbonyl (C=O) groups excluding carboxylic acids is 2. The SMILES string of the molecule is CC(=O)Cc1cccc(CC(C)=O)n1. The molecule has 0 aliphatic rings. The highest BCUT2D eigenvalue weighted by Gasteiger charge is 2.02. The van der Waals surface area contributed by atoms with Crippen molar-refractivity contribution in [3.63, 3.8) is 0 Å². The molecule has 0 saturated carbocycles. The zero-order valence-electron chi connectivity index (χ0n) is 8.41. The predicted octanol–water partition coefficient (Wildman–Crippen LogP) is 1.34. The molecule has 3 heteroatoms. The van der Waals surface area contributed by atoms with E-state index in [2.05, 4.69) is 4.98 Å². The molecule has 0 saturated heterocycles. The highest BCUT2D eigenvalue weighted by atomic mass is 16.1.